The molecule has 0 aliphatic carbocycles. The maximum atomic E-state index is 4.77. The summed E-state index contributed by atoms with van der Waals surface area (Å²) in [5.74, 6) is 1.37. The van der Waals surface area contributed by atoms with E-state index in [1.165, 1.54) is 10.5 Å². The molecule has 0 saturated heterocycles. The van der Waals surface area contributed by atoms with Gasteiger partial charge >= 0.3 is 0 Å². The van der Waals surface area contributed by atoms with Gasteiger partial charge in [-0.15, -0.1) is 11.8 Å². The van der Waals surface area contributed by atoms with Gasteiger partial charge in [0.1, 0.15) is 0 Å². The first-order chi connectivity index (χ1) is 11.0. The van der Waals surface area contributed by atoms with Crippen LogP contribution in [0.5, 0.6) is 0 Å². The van der Waals surface area contributed by atoms with Crippen LogP contribution in [-0.4, -0.2) is 21.2 Å². The van der Waals surface area contributed by atoms with Crippen molar-refractivity contribution < 1.29 is 0 Å². The third-order valence-electron chi connectivity index (χ3n) is 4.34. The standard InChI is InChI=1S/C19H27N3S/c1-13(2)18-11-21-12-19(22-18)15(4)7-6-14(3)16-8-17(23-5)10-20-9-16/h8-15H,6-7H2,1-5H3. The van der Waals surface area contributed by atoms with Crippen LogP contribution < -0.4 is 0 Å². The highest BCUT2D eigenvalue weighted by Crippen LogP contribution is 2.28. The lowest BCUT2D eigenvalue weighted by Crippen LogP contribution is -2.04. The van der Waals surface area contributed by atoms with Gasteiger partial charge in [0.2, 0.25) is 0 Å². The molecule has 0 saturated carbocycles. The summed E-state index contributed by atoms with van der Waals surface area (Å²) in [6.07, 6.45) is 12.0. The van der Waals surface area contributed by atoms with E-state index >= 15 is 0 Å². The molecule has 2 aromatic rings. The SMILES string of the molecule is CSc1cncc(C(C)CCC(C)c2cncc(C(C)C)n2)c1. The maximum Gasteiger partial charge on any atom is 0.0618 e. The summed E-state index contributed by atoms with van der Waals surface area (Å²) in [5.41, 5.74) is 3.52. The lowest BCUT2D eigenvalue weighted by atomic mass is 9.92. The van der Waals surface area contributed by atoms with Gasteiger partial charge in [-0.05, 0) is 48.5 Å². The first kappa shape index (κ1) is 17.9. The predicted molar refractivity (Wildman–Crippen MR) is 98.2 cm³/mol. The van der Waals surface area contributed by atoms with E-state index in [1.54, 1.807) is 11.8 Å². The molecule has 4 heteroatoms. The third kappa shape index (κ3) is 5.03. The minimum absolute atomic E-state index is 0.425. The molecule has 0 radical (unpaired) electrons. The van der Waals surface area contributed by atoms with Crippen molar-refractivity contribution in [1.29, 1.82) is 0 Å². The molecule has 0 aromatic carbocycles. The zero-order valence-electron chi connectivity index (χ0n) is 14.8. The fraction of sp³-hybridized carbons (Fsp3) is 0.526. The average Bonchev–Trinajstić information content (AvgIpc) is 2.59. The Labute approximate surface area is 144 Å². The Kier molecular flexibility index (Phi) is 6.58. The summed E-state index contributed by atoms with van der Waals surface area (Å²) in [6, 6.07) is 2.26. The molecular weight excluding hydrogens is 302 g/mol. The van der Waals surface area contributed by atoms with Gasteiger partial charge in [0.05, 0.1) is 11.4 Å². The Bertz CT molecular complexity index is 628. The quantitative estimate of drug-likeness (QED) is 0.637. The number of nitrogens with zero attached hydrogens (tertiary/aromatic N) is 3. The van der Waals surface area contributed by atoms with Crippen LogP contribution in [0.3, 0.4) is 0 Å². The molecule has 0 N–H and O–H groups in total. The third-order valence-corrected chi connectivity index (χ3v) is 5.03. The lowest BCUT2D eigenvalue weighted by Gasteiger charge is -2.16. The first-order valence-electron chi connectivity index (χ1n) is 8.32. The van der Waals surface area contributed by atoms with Gasteiger partial charge in [0.15, 0.2) is 0 Å². The molecule has 2 unspecified atom stereocenters. The highest BCUT2D eigenvalue weighted by Gasteiger charge is 2.13. The average molecular weight is 330 g/mol. The van der Waals surface area contributed by atoms with Gasteiger partial charge in [0, 0.05) is 29.7 Å². The van der Waals surface area contributed by atoms with Gasteiger partial charge in [0.25, 0.3) is 0 Å². The summed E-state index contributed by atoms with van der Waals surface area (Å²) in [7, 11) is 0. The topological polar surface area (TPSA) is 38.7 Å². The van der Waals surface area contributed by atoms with E-state index in [9.17, 15) is 0 Å². The number of hydrogen-bond acceptors (Lipinski definition) is 4. The summed E-state index contributed by atoms with van der Waals surface area (Å²) in [4.78, 5) is 14.7. The van der Waals surface area contributed by atoms with Gasteiger partial charge in [-0.2, -0.15) is 0 Å². The molecule has 3 nitrogen and oxygen atoms in total. The Morgan fingerprint density at radius 3 is 2.22 bits per heavy atom. The van der Waals surface area contributed by atoms with Crippen LogP contribution in [0.4, 0.5) is 0 Å². The molecule has 2 aromatic heterocycles. The molecule has 2 rings (SSSR count). The van der Waals surface area contributed by atoms with Crippen molar-refractivity contribution in [3.8, 4) is 0 Å². The lowest BCUT2D eigenvalue weighted by molar-refractivity contribution is 0.559. The number of pyridine rings is 1. The number of rotatable bonds is 7. The van der Waals surface area contributed by atoms with Crippen LogP contribution in [-0.2, 0) is 0 Å². The second kappa shape index (κ2) is 8.44. The van der Waals surface area contributed by atoms with E-state index in [-0.39, 0.29) is 0 Å². The van der Waals surface area contributed by atoms with E-state index in [4.69, 9.17) is 4.98 Å². The molecule has 0 fully saturated rings. The molecular formula is C19H27N3S. The van der Waals surface area contributed by atoms with Crippen LogP contribution in [0.2, 0.25) is 0 Å². The fourth-order valence-electron chi connectivity index (χ4n) is 2.54. The van der Waals surface area contributed by atoms with Gasteiger partial charge in [-0.1, -0.05) is 27.7 Å². The van der Waals surface area contributed by atoms with Crippen molar-refractivity contribution in [3.05, 3.63) is 47.8 Å². The predicted octanol–water partition coefficient (Wildman–Crippen LogP) is 5.40. The van der Waals surface area contributed by atoms with Crippen molar-refractivity contribution in [3.63, 3.8) is 0 Å². The summed E-state index contributed by atoms with van der Waals surface area (Å²) >= 11 is 1.75. The Balaban J connectivity index is 1.98. The van der Waals surface area contributed by atoms with Crippen LogP contribution >= 0.6 is 11.8 Å². The van der Waals surface area contributed by atoms with Gasteiger partial charge < -0.3 is 0 Å². The minimum Gasteiger partial charge on any atom is -0.263 e. The summed E-state index contributed by atoms with van der Waals surface area (Å²) in [6.45, 7) is 8.85. The van der Waals surface area contributed by atoms with Crippen molar-refractivity contribution >= 4 is 11.8 Å². The second-order valence-corrected chi connectivity index (χ2v) is 7.44. The van der Waals surface area contributed by atoms with E-state index < -0.39 is 0 Å². The van der Waals surface area contributed by atoms with Crippen molar-refractivity contribution in [2.75, 3.05) is 6.26 Å². The molecule has 124 valence electrons. The van der Waals surface area contributed by atoms with Gasteiger partial charge in [-0.25, -0.2) is 0 Å². The van der Waals surface area contributed by atoms with Crippen LogP contribution in [0.15, 0.2) is 35.7 Å². The van der Waals surface area contributed by atoms with Gasteiger partial charge in [-0.3, -0.25) is 15.0 Å². The molecule has 23 heavy (non-hydrogen) atoms. The monoisotopic (exact) mass is 329 g/mol. The van der Waals surface area contributed by atoms with Crippen LogP contribution in [0, 0.1) is 0 Å². The Morgan fingerprint density at radius 1 is 0.870 bits per heavy atom. The van der Waals surface area contributed by atoms with E-state index in [1.807, 2.05) is 24.8 Å². The largest absolute Gasteiger partial charge is 0.263 e. The highest BCUT2D eigenvalue weighted by molar-refractivity contribution is 7.98. The molecule has 2 atom stereocenters. The Hall–Kier alpha value is -1.42. The molecule has 0 bridgehead atoms. The summed E-state index contributed by atoms with van der Waals surface area (Å²) in [5, 5.41) is 0. The highest BCUT2D eigenvalue weighted by atomic mass is 32.2. The number of thioether (sulfide) groups is 1. The number of aromatic nitrogens is 3. The smallest absolute Gasteiger partial charge is 0.0618 e. The van der Waals surface area contributed by atoms with Crippen molar-refractivity contribution in [2.45, 2.75) is 63.2 Å². The molecule has 2 heterocycles. The zero-order chi connectivity index (χ0) is 16.8. The van der Waals surface area contributed by atoms with Crippen LogP contribution in [0.1, 0.15) is 75.2 Å². The molecule has 0 aliphatic rings. The van der Waals surface area contributed by atoms with Crippen LogP contribution in [0.25, 0.3) is 0 Å². The Morgan fingerprint density at radius 2 is 1.52 bits per heavy atom. The maximum absolute atomic E-state index is 4.77. The minimum atomic E-state index is 0.425. The number of hydrogen-bond donors (Lipinski definition) is 0. The van der Waals surface area contributed by atoms with E-state index in [2.05, 4.69) is 50.0 Å². The molecule has 0 aliphatic heterocycles. The van der Waals surface area contributed by atoms with E-state index in [0.717, 1.165) is 24.2 Å². The normalized spacial score (nSPS) is 14.0. The van der Waals surface area contributed by atoms with Crippen molar-refractivity contribution in [2.24, 2.45) is 0 Å². The zero-order valence-corrected chi connectivity index (χ0v) is 15.6. The summed E-state index contributed by atoms with van der Waals surface area (Å²) < 4.78 is 0. The molecule has 0 spiro atoms. The van der Waals surface area contributed by atoms with Crippen molar-refractivity contribution in [1.82, 2.24) is 15.0 Å². The molecule has 0 amide bonds. The van der Waals surface area contributed by atoms with E-state index in [0.29, 0.717) is 17.8 Å². The first-order valence-corrected chi connectivity index (χ1v) is 9.54. The second-order valence-electron chi connectivity index (χ2n) is 6.56. The fourth-order valence-corrected chi connectivity index (χ4v) is 2.96.